The van der Waals surface area contributed by atoms with Crippen LogP contribution in [0.5, 0.6) is 0 Å². The summed E-state index contributed by atoms with van der Waals surface area (Å²) >= 11 is 6.01. The standard InChI is InChI=1S/C24H18ClF2N3O4/c1-13-22-16(10-20(28-23(22)34-29-13)14-6-8-15(26)9-7-14)24(32)33-12-21(31)30(2)11-17-18(25)4-3-5-19(17)27/h3-10H,11-12H2,1-2H3. The van der Waals surface area contributed by atoms with Gasteiger partial charge in [-0.15, -0.1) is 0 Å². The molecule has 0 atom stereocenters. The van der Waals surface area contributed by atoms with Gasteiger partial charge in [0.05, 0.1) is 22.3 Å². The number of likely N-dealkylation sites (N-methyl/N-ethyl adjacent to an activating group) is 1. The molecule has 0 radical (unpaired) electrons. The first kappa shape index (κ1) is 23.3. The van der Waals surface area contributed by atoms with Gasteiger partial charge in [-0.25, -0.2) is 18.6 Å². The van der Waals surface area contributed by atoms with Crippen molar-refractivity contribution in [2.24, 2.45) is 0 Å². The van der Waals surface area contributed by atoms with Crippen molar-refractivity contribution in [2.45, 2.75) is 13.5 Å². The zero-order valence-corrected chi connectivity index (χ0v) is 18.9. The highest BCUT2D eigenvalue weighted by molar-refractivity contribution is 6.31. The summed E-state index contributed by atoms with van der Waals surface area (Å²) in [4.78, 5) is 31.0. The first-order valence-electron chi connectivity index (χ1n) is 10.1. The van der Waals surface area contributed by atoms with Crippen molar-refractivity contribution in [2.75, 3.05) is 13.7 Å². The number of benzene rings is 2. The predicted octanol–water partition coefficient (Wildman–Crippen LogP) is 4.95. The molecule has 0 N–H and O–H groups in total. The molecule has 174 valence electrons. The van der Waals surface area contributed by atoms with Gasteiger partial charge in [0.1, 0.15) is 11.6 Å². The quantitative estimate of drug-likeness (QED) is 0.359. The van der Waals surface area contributed by atoms with E-state index in [1.54, 1.807) is 6.92 Å². The Morgan fingerprint density at radius 1 is 1.15 bits per heavy atom. The number of carbonyl (C=O) groups excluding carboxylic acids is 2. The Balaban J connectivity index is 1.54. The zero-order valence-electron chi connectivity index (χ0n) is 18.1. The average Bonchev–Trinajstić information content (AvgIpc) is 3.20. The number of ether oxygens (including phenoxy) is 1. The third-order valence-corrected chi connectivity index (χ3v) is 5.54. The Morgan fingerprint density at radius 2 is 1.88 bits per heavy atom. The van der Waals surface area contributed by atoms with E-state index in [0.29, 0.717) is 22.3 Å². The molecule has 4 rings (SSSR count). The van der Waals surface area contributed by atoms with E-state index in [1.807, 2.05) is 0 Å². The summed E-state index contributed by atoms with van der Waals surface area (Å²) in [6.45, 7) is 0.960. The summed E-state index contributed by atoms with van der Waals surface area (Å²) in [5.41, 5.74) is 1.65. The summed E-state index contributed by atoms with van der Waals surface area (Å²) in [5, 5.41) is 4.38. The molecule has 0 saturated heterocycles. The lowest BCUT2D eigenvalue weighted by atomic mass is 10.1. The molecule has 0 fully saturated rings. The Hall–Kier alpha value is -3.85. The van der Waals surface area contributed by atoms with Crippen molar-refractivity contribution in [1.82, 2.24) is 15.0 Å². The molecule has 0 aliphatic rings. The molecule has 0 aliphatic heterocycles. The van der Waals surface area contributed by atoms with Crippen LogP contribution in [0.3, 0.4) is 0 Å². The van der Waals surface area contributed by atoms with Crippen molar-refractivity contribution < 1.29 is 27.6 Å². The Labute approximate surface area is 197 Å². The Bertz CT molecular complexity index is 1370. The lowest BCUT2D eigenvalue weighted by molar-refractivity contribution is -0.133. The third kappa shape index (κ3) is 4.74. The van der Waals surface area contributed by atoms with Gasteiger partial charge in [0.15, 0.2) is 6.61 Å². The van der Waals surface area contributed by atoms with E-state index in [2.05, 4.69) is 10.1 Å². The number of aryl methyl sites for hydroxylation is 1. The molecular weight excluding hydrogens is 468 g/mol. The van der Waals surface area contributed by atoms with Crippen molar-refractivity contribution in [3.05, 3.63) is 82.0 Å². The smallest absolute Gasteiger partial charge is 0.339 e. The van der Waals surface area contributed by atoms with Gasteiger partial charge in [0.25, 0.3) is 11.6 Å². The summed E-state index contributed by atoms with van der Waals surface area (Å²) in [7, 11) is 1.44. The van der Waals surface area contributed by atoms with Crippen LogP contribution in [0.25, 0.3) is 22.4 Å². The first-order valence-corrected chi connectivity index (χ1v) is 10.5. The van der Waals surface area contributed by atoms with Crippen molar-refractivity contribution in [1.29, 1.82) is 0 Å². The van der Waals surface area contributed by atoms with E-state index in [-0.39, 0.29) is 28.4 Å². The lowest BCUT2D eigenvalue weighted by Crippen LogP contribution is -2.31. The SMILES string of the molecule is Cc1noc2nc(-c3ccc(F)cc3)cc(C(=O)OCC(=O)N(C)Cc3c(F)cccc3Cl)c12. The van der Waals surface area contributed by atoms with Crippen LogP contribution in [0.1, 0.15) is 21.6 Å². The molecule has 2 aromatic heterocycles. The van der Waals surface area contributed by atoms with Crippen LogP contribution in [-0.2, 0) is 16.1 Å². The van der Waals surface area contributed by atoms with Gasteiger partial charge in [-0.1, -0.05) is 22.8 Å². The fourth-order valence-corrected chi connectivity index (χ4v) is 3.57. The molecule has 34 heavy (non-hydrogen) atoms. The molecule has 0 saturated carbocycles. The number of hydrogen-bond donors (Lipinski definition) is 0. The number of halogens is 3. The molecule has 0 aliphatic carbocycles. The van der Waals surface area contributed by atoms with Crippen LogP contribution in [0.4, 0.5) is 8.78 Å². The van der Waals surface area contributed by atoms with Crippen LogP contribution in [0.2, 0.25) is 5.02 Å². The molecule has 1 amide bonds. The fourth-order valence-electron chi connectivity index (χ4n) is 3.35. The highest BCUT2D eigenvalue weighted by Gasteiger charge is 2.22. The van der Waals surface area contributed by atoms with Crippen molar-refractivity contribution >= 4 is 34.6 Å². The van der Waals surface area contributed by atoms with Crippen LogP contribution in [0, 0.1) is 18.6 Å². The molecule has 10 heteroatoms. The molecule has 0 unspecified atom stereocenters. The zero-order chi connectivity index (χ0) is 24.4. The summed E-state index contributed by atoms with van der Waals surface area (Å²) in [6, 6.07) is 11.2. The predicted molar refractivity (Wildman–Crippen MR) is 120 cm³/mol. The van der Waals surface area contributed by atoms with Gasteiger partial charge in [-0.2, -0.15) is 0 Å². The summed E-state index contributed by atoms with van der Waals surface area (Å²) < 4.78 is 37.8. The Kier molecular flexibility index (Phi) is 6.56. The van der Waals surface area contributed by atoms with Crippen LogP contribution >= 0.6 is 11.6 Å². The van der Waals surface area contributed by atoms with Gasteiger partial charge in [-0.3, -0.25) is 4.79 Å². The maximum Gasteiger partial charge on any atom is 0.339 e. The largest absolute Gasteiger partial charge is 0.452 e. The molecule has 2 aromatic carbocycles. The summed E-state index contributed by atoms with van der Waals surface area (Å²) in [5.74, 6) is -2.31. The molecule has 4 aromatic rings. The minimum atomic E-state index is -0.798. The second-order valence-corrected chi connectivity index (χ2v) is 7.94. The highest BCUT2D eigenvalue weighted by Crippen LogP contribution is 2.28. The van der Waals surface area contributed by atoms with Crippen molar-refractivity contribution in [3.63, 3.8) is 0 Å². The van der Waals surface area contributed by atoms with Gasteiger partial charge >= 0.3 is 5.97 Å². The number of carbonyl (C=O) groups is 2. The average molecular weight is 486 g/mol. The monoisotopic (exact) mass is 485 g/mol. The van der Waals surface area contributed by atoms with Gasteiger partial charge in [-0.05, 0) is 49.4 Å². The van der Waals surface area contributed by atoms with E-state index in [0.717, 1.165) is 0 Å². The Morgan fingerprint density at radius 3 is 2.59 bits per heavy atom. The molecule has 2 heterocycles. The minimum Gasteiger partial charge on any atom is -0.452 e. The van der Waals surface area contributed by atoms with E-state index < -0.39 is 30.1 Å². The minimum absolute atomic E-state index is 0.0932. The number of nitrogens with zero attached hydrogens (tertiary/aromatic N) is 3. The second kappa shape index (κ2) is 9.56. The molecule has 0 spiro atoms. The van der Waals surface area contributed by atoms with Gasteiger partial charge in [0, 0.05) is 29.7 Å². The van der Waals surface area contributed by atoms with Crippen LogP contribution in [-0.4, -0.2) is 40.6 Å². The lowest BCUT2D eigenvalue weighted by Gasteiger charge is -2.18. The second-order valence-electron chi connectivity index (χ2n) is 7.54. The van der Waals surface area contributed by atoms with Gasteiger partial charge in [0.2, 0.25) is 0 Å². The van der Waals surface area contributed by atoms with Crippen LogP contribution < -0.4 is 0 Å². The summed E-state index contributed by atoms with van der Waals surface area (Å²) in [6.07, 6.45) is 0. The normalized spacial score (nSPS) is 11.0. The van der Waals surface area contributed by atoms with E-state index >= 15 is 0 Å². The first-order chi connectivity index (χ1) is 16.2. The number of amides is 1. The fraction of sp³-hybridized carbons (Fsp3) is 0.167. The van der Waals surface area contributed by atoms with E-state index in [4.69, 9.17) is 20.9 Å². The number of rotatable bonds is 6. The maximum atomic E-state index is 14.0. The number of hydrogen-bond acceptors (Lipinski definition) is 6. The van der Waals surface area contributed by atoms with E-state index in [9.17, 15) is 18.4 Å². The molecule has 0 bridgehead atoms. The number of pyridine rings is 1. The third-order valence-electron chi connectivity index (χ3n) is 5.19. The van der Waals surface area contributed by atoms with Gasteiger partial charge < -0.3 is 14.2 Å². The maximum absolute atomic E-state index is 14.0. The number of esters is 1. The van der Waals surface area contributed by atoms with E-state index in [1.165, 1.54) is 60.5 Å². The van der Waals surface area contributed by atoms with Crippen LogP contribution in [0.15, 0.2) is 53.1 Å². The topological polar surface area (TPSA) is 85.5 Å². The number of fused-ring (bicyclic) bond motifs is 1. The highest BCUT2D eigenvalue weighted by atomic mass is 35.5. The molecule has 7 nitrogen and oxygen atoms in total. The molecular formula is C24H18ClF2N3O4. The number of aromatic nitrogens is 2. The van der Waals surface area contributed by atoms with Crippen molar-refractivity contribution in [3.8, 4) is 11.3 Å².